The Labute approximate surface area is 87.3 Å². The number of rotatable bonds is 2. The highest BCUT2D eigenvalue weighted by Crippen LogP contribution is 2.38. The van der Waals surface area contributed by atoms with E-state index in [9.17, 15) is 4.79 Å². The largest absolute Gasteiger partial charge is 0.353 e. The van der Waals surface area contributed by atoms with Crippen molar-refractivity contribution in [2.75, 3.05) is 18.0 Å². The zero-order valence-electron chi connectivity index (χ0n) is 8.44. The molecule has 1 aromatic heterocycles. The molecule has 0 radical (unpaired) electrons. The zero-order chi connectivity index (χ0) is 10.4. The lowest BCUT2D eigenvalue weighted by atomic mass is 10.1. The average Bonchev–Trinajstić information content (AvgIpc) is 2.94. The van der Waals surface area contributed by atoms with Gasteiger partial charge in [-0.05, 0) is 12.8 Å². The zero-order valence-corrected chi connectivity index (χ0v) is 8.44. The van der Waals surface area contributed by atoms with Gasteiger partial charge in [0.05, 0.1) is 0 Å². The van der Waals surface area contributed by atoms with Crippen molar-refractivity contribution in [3.05, 3.63) is 22.2 Å². The standard InChI is InChI=1S/C10H14N4O/c11-7-4-14(5-7)8-3-9(15)13-10(12-8)6-1-2-6/h3,6-7H,1-2,4-5,11H2,(H,12,13,15). The van der Waals surface area contributed by atoms with Crippen molar-refractivity contribution in [2.45, 2.75) is 24.8 Å². The third-order valence-electron chi connectivity index (χ3n) is 2.94. The van der Waals surface area contributed by atoms with Gasteiger partial charge in [-0.1, -0.05) is 0 Å². The number of nitrogens with zero attached hydrogens (tertiary/aromatic N) is 2. The van der Waals surface area contributed by atoms with E-state index in [1.54, 1.807) is 6.07 Å². The van der Waals surface area contributed by atoms with Gasteiger partial charge in [0, 0.05) is 31.1 Å². The fourth-order valence-electron chi connectivity index (χ4n) is 1.88. The van der Waals surface area contributed by atoms with Crippen LogP contribution in [0.25, 0.3) is 0 Å². The van der Waals surface area contributed by atoms with Crippen LogP contribution in [0.15, 0.2) is 10.9 Å². The molecule has 0 aromatic carbocycles. The first kappa shape index (κ1) is 8.91. The highest BCUT2D eigenvalue weighted by Gasteiger charge is 2.29. The van der Waals surface area contributed by atoms with Gasteiger partial charge in [-0.25, -0.2) is 4.98 Å². The van der Waals surface area contributed by atoms with E-state index >= 15 is 0 Å². The lowest BCUT2D eigenvalue weighted by Crippen LogP contribution is -2.56. The third kappa shape index (κ3) is 1.63. The fraction of sp³-hybridized carbons (Fsp3) is 0.600. The molecule has 2 fully saturated rings. The summed E-state index contributed by atoms with van der Waals surface area (Å²) in [5.41, 5.74) is 5.65. The molecule has 3 rings (SSSR count). The molecule has 1 aliphatic heterocycles. The second-order valence-electron chi connectivity index (χ2n) is 4.43. The summed E-state index contributed by atoms with van der Waals surface area (Å²) in [7, 11) is 0. The topological polar surface area (TPSA) is 75.0 Å². The van der Waals surface area contributed by atoms with Crippen LogP contribution < -0.4 is 16.2 Å². The van der Waals surface area contributed by atoms with Crippen LogP contribution in [0.2, 0.25) is 0 Å². The molecule has 0 unspecified atom stereocenters. The molecule has 0 bridgehead atoms. The van der Waals surface area contributed by atoms with E-state index in [0.717, 1.165) is 37.6 Å². The Morgan fingerprint density at radius 1 is 1.47 bits per heavy atom. The van der Waals surface area contributed by atoms with Crippen molar-refractivity contribution in [1.29, 1.82) is 0 Å². The van der Waals surface area contributed by atoms with Crippen LogP contribution in [-0.2, 0) is 0 Å². The average molecular weight is 206 g/mol. The molecule has 1 aliphatic carbocycles. The highest BCUT2D eigenvalue weighted by molar-refractivity contribution is 5.42. The van der Waals surface area contributed by atoms with E-state index in [2.05, 4.69) is 9.97 Å². The molecule has 15 heavy (non-hydrogen) atoms. The lowest BCUT2D eigenvalue weighted by Gasteiger charge is -2.37. The van der Waals surface area contributed by atoms with E-state index in [1.165, 1.54) is 0 Å². The summed E-state index contributed by atoms with van der Waals surface area (Å²) in [6.07, 6.45) is 2.29. The maximum absolute atomic E-state index is 11.4. The van der Waals surface area contributed by atoms with Crippen LogP contribution in [0.4, 0.5) is 5.82 Å². The Morgan fingerprint density at radius 3 is 2.80 bits per heavy atom. The molecule has 2 heterocycles. The Morgan fingerprint density at radius 2 is 2.20 bits per heavy atom. The lowest BCUT2D eigenvalue weighted by molar-refractivity contribution is 0.513. The van der Waals surface area contributed by atoms with Crippen molar-refractivity contribution in [2.24, 2.45) is 5.73 Å². The smallest absolute Gasteiger partial charge is 0.252 e. The molecular weight excluding hydrogens is 192 g/mol. The van der Waals surface area contributed by atoms with Crippen LogP contribution in [0.3, 0.4) is 0 Å². The molecule has 0 atom stereocenters. The van der Waals surface area contributed by atoms with Gasteiger partial charge < -0.3 is 15.6 Å². The van der Waals surface area contributed by atoms with Crippen LogP contribution in [0, 0.1) is 0 Å². The summed E-state index contributed by atoms with van der Waals surface area (Å²) >= 11 is 0. The maximum Gasteiger partial charge on any atom is 0.252 e. The van der Waals surface area contributed by atoms with Crippen molar-refractivity contribution in [3.8, 4) is 0 Å². The summed E-state index contributed by atoms with van der Waals surface area (Å²) in [6, 6.07) is 1.79. The van der Waals surface area contributed by atoms with Crippen molar-refractivity contribution >= 4 is 5.82 Å². The van der Waals surface area contributed by atoms with Gasteiger partial charge >= 0.3 is 0 Å². The predicted molar refractivity (Wildman–Crippen MR) is 57.0 cm³/mol. The molecule has 80 valence electrons. The summed E-state index contributed by atoms with van der Waals surface area (Å²) in [5.74, 6) is 2.10. The Balaban J connectivity index is 1.90. The second-order valence-corrected chi connectivity index (χ2v) is 4.43. The molecule has 1 aromatic rings. The third-order valence-corrected chi connectivity index (χ3v) is 2.94. The molecule has 0 spiro atoms. The first-order chi connectivity index (χ1) is 7.22. The minimum Gasteiger partial charge on any atom is -0.353 e. The van der Waals surface area contributed by atoms with Gasteiger partial charge in [0.2, 0.25) is 0 Å². The molecule has 5 nitrogen and oxygen atoms in total. The Kier molecular flexibility index (Phi) is 1.82. The van der Waals surface area contributed by atoms with Crippen molar-refractivity contribution < 1.29 is 0 Å². The van der Waals surface area contributed by atoms with Crippen LogP contribution in [-0.4, -0.2) is 29.1 Å². The van der Waals surface area contributed by atoms with Gasteiger partial charge in [0.25, 0.3) is 5.56 Å². The number of nitrogens with two attached hydrogens (primary N) is 1. The maximum atomic E-state index is 11.4. The number of H-pyrrole nitrogens is 1. The molecule has 5 heteroatoms. The van der Waals surface area contributed by atoms with E-state index in [-0.39, 0.29) is 11.6 Å². The van der Waals surface area contributed by atoms with Crippen LogP contribution in [0.1, 0.15) is 24.6 Å². The summed E-state index contributed by atoms with van der Waals surface area (Å²) in [5, 5.41) is 0. The number of hydrogen-bond donors (Lipinski definition) is 2. The summed E-state index contributed by atoms with van der Waals surface area (Å²) in [4.78, 5) is 20.7. The van der Waals surface area contributed by atoms with Crippen LogP contribution in [0.5, 0.6) is 0 Å². The number of aromatic amines is 1. The minimum atomic E-state index is -0.0534. The minimum absolute atomic E-state index is 0.0534. The van der Waals surface area contributed by atoms with Gasteiger partial charge in [-0.2, -0.15) is 0 Å². The SMILES string of the molecule is NC1CN(c2cc(=O)[nH]c(C3CC3)n2)C1. The van der Waals surface area contributed by atoms with Gasteiger partial charge in [-0.3, -0.25) is 4.79 Å². The molecule has 2 aliphatic rings. The van der Waals surface area contributed by atoms with E-state index < -0.39 is 0 Å². The molecule has 3 N–H and O–H groups in total. The van der Waals surface area contributed by atoms with Crippen LogP contribution >= 0.6 is 0 Å². The normalized spacial score (nSPS) is 21.5. The fourth-order valence-corrected chi connectivity index (χ4v) is 1.88. The predicted octanol–water partition coefficient (Wildman–Crippen LogP) is -0.205. The number of aromatic nitrogens is 2. The Bertz CT molecular complexity index is 431. The molecule has 1 saturated heterocycles. The van der Waals surface area contributed by atoms with E-state index in [4.69, 9.17) is 5.73 Å². The van der Waals surface area contributed by atoms with Crippen molar-refractivity contribution in [1.82, 2.24) is 9.97 Å². The van der Waals surface area contributed by atoms with E-state index in [0.29, 0.717) is 5.92 Å². The molecule has 0 amide bonds. The summed E-state index contributed by atoms with van der Waals surface area (Å²) in [6.45, 7) is 1.61. The van der Waals surface area contributed by atoms with Crippen molar-refractivity contribution in [3.63, 3.8) is 0 Å². The number of anilines is 1. The Hall–Kier alpha value is -1.36. The van der Waals surface area contributed by atoms with Gasteiger partial charge in [-0.15, -0.1) is 0 Å². The highest BCUT2D eigenvalue weighted by atomic mass is 16.1. The second kappa shape index (κ2) is 3.06. The molecular formula is C10H14N4O. The van der Waals surface area contributed by atoms with Gasteiger partial charge in [0.15, 0.2) is 0 Å². The van der Waals surface area contributed by atoms with E-state index in [1.807, 2.05) is 4.90 Å². The number of hydrogen-bond acceptors (Lipinski definition) is 4. The first-order valence-electron chi connectivity index (χ1n) is 5.34. The molecule has 1 saturated carbocycles. The summed E-state index contributed by atoms with van der Waals surface area (Å²) < 4.78 is 0. The number of nitrogens with one attached hydrogen (secondary N) is 1. The monoisotopic (exact) mass is 206 g/mol. The first-order valence-corrected chi connectivity index (χ1v) is 5.34. The quantitative estimate of drug-likeness (QED) is 0.702. The van der Waals surface area contributed by atoms with Gasteiger partial charge in [0.1, 0.15) is 11.6 Å².